The maximum Gasteiger partial charge on any atom is 0.292 e. The molecule has 0 aliphatic heterocycles. The Morgan fingerprint density at radius 2 is 2.33 bits per heavy atom. The van der Waals surface area contributed by atoms with E-state index < -0.39 is 0 Å². The summed E-state index contributed by atoms with van der Waals surface area (Å²) in [5.41, 5.74) is 11.5. The van der Waals surface area contributed by atoms with Crippen LogP contribution in [0.1, 0.15) is 26.7 Å². The van der Waals surface area contributed by atoms with Crippen LogP contribution in [0.2, 0.25) is 0 Å². The van der Waals surface area contributed by atoms with E-state index in [2.05, 4.69) is 9.78 Å². The molecule has 1 aliphatic rings. The number of allylic oxidation sites excluding steroid dienone is 2. The van der Waals surface area contributed by atoms with Gasteiger partial charge in [-0.05, 0) is 19.4 Å². The fraction of sp³-hybridized carbons (Fsp3) is 0.556. The van der Waals surface area contributed by atoms with E-state index in [0.29, 0.717) is 0 Å². The molecule has 0 amide bonds. The lowest BCUT2D eigenvalue weighted by Gasteiger charge is -2.08. The van der Waals surface area contributed by atoms with Crippen LogP contribution in [0.5, 0.6) is 0 Å². The van der Waals surface area contributed by atoms with Gasteiger partial charge in [0.15, 0.2) is 0 Å². The van der Waals surface area contributed by atoms with E-state index in [4.69, 9.17) is 5.53 Å². The van der Waals surface area contributed by atoms with Gasteiger partial charge in [0, 0.05) is 24.8 Å². The number of nitrogens with zero attached hydrogens (tertiary/aromatic N) is 3. The van der Waals surface area contributed by atoms with E-state index in [0.717, 1.165) is 36.4 Å². The van der Waals surface area contributed by atoms with Crippen molar-refractivity contribution in [2.45, 2.75) is 26.7 Å². The Hall–Kier alpha value is -1.21. The van der Waals surface area contributed by atoms with Gasteiger partial charge in [-0.3, -0.25) is 4.99 Å². The number of hydrogen-bond acceptors (Lipinski definition) is 1. The first-order valence-electron chi connectivity index (χ1n) is 4.21. The van der Waals surface area contributed by atoms with Crippen molar-refractivity contribution in [1.29, 1.82) is 0 Å². The molecule has 1 rings (SSSR count). The molecule has 0 atom stereocenters. The average molecular weight is 163 g/mol. The Kier molecular flexibility index (Phi) is 2.94. The lowest BCUT2D eigenvalue weighted by atomic mass is 9.97. The third-order valence-electron chi connectivity index (χ3n) is 1.93. The molecule has 0 unspecified atom stereocenters. The monoisotopic (exact) mass is 163 g/mol. The summed E-state index contributed by atoms with van der Waals surface area (Å²) in [5.74, 6) is 0. The number of rotatable bonds is 1. The molecule has 64 valence electrons. The minimum Gasteiger partial charge on any atom is -0.361 e. The highest BCUT2D eigenvalue weighted by atomic mass is 14.9. The molecule has 0 aromatic rings. The fourth-order valence-electron chi connectivity index (χ4n) is 1.32. The van der Waals surface area contributed by atoms with E-state index in [1.807, 2.05) is 19.9 Å². The first-order valence-corrected chi connectivity index (χ1v) is 4.21. The Balaban J connectivity index is 2.90. The van der Waals surface area contributed by atoms with Crippen LogP contribution in [0.15, 0.2) is 16.6 Å². The third-order valence-corrected chi connectivity index (χ3v) is 1.93. The minimum atomic E-state index is 0.752. The molecule has 0 bridgehead atoms. The molecule has 0 aromatic heterocycles. The van der Waals surface area contributed by atoms with E-state index in [1.54, 1.807) is 0 Å². The van der Waals surface area contributed by atoms with Gasteiger partial charge in [0.2, 0.25) is 0 Å². The van der Waals surface area contributed by atoms with Crippen LogP contribution in [0.3, 0.4) is 0 Å². The topological polar surface area (TPSA) is 48.8 Å². The van der Waals surface area contributed by atoms with Gasteiger partial charge in [0.05, 0.1) is 6.42 Å². The van der Waals surface area contributed by atoms with Gasteiger partial charge in [-0.1, -0.05) is 0 Å². The minimum absolute atomic E-state index is 0.752. The molecule has 1 aliphatic carbocycles. The van der Waals surface area contributed by atoms with E-state index in [1.165, 1.54) is 0 Å². The molecule has 0 heterocycles. The molecule has 0 radical (unpaired) electrons. The molecule has 3 heteroatoms. The lowest BCUT2D eigenvalue weighted by molar-refractivity contribution is -0.00628. The first-order chi connectivity index (χ1) is 5.77. The lowest BCUT2D eigenvalue weighted by Crippen LogP contribution is -2.13. The summed E-state index contributed by atoms with van der Waals surface area (Å²) in [6, 6.07) is 0. The maximum absolute atomic E-state index is 8.53. The molecular weight excluding hydrogens is 150 g/mol. The van der Waals surface area contributed by atoms with Gasteiger partial charge >= 0.3 is 0 Å². The second-order valence-electron chi connectivity index (χ2n) is 2.84. The van der Waals surface area contributed by atoms with Crippen molar-refractivity contribution >= 4 is 11.4 Å². The molecule has 12 heavy (non-hydrogen) atoms. The quantitative estimate of drug-likeness (QED) is 0.418. The van der Waals surface area contributed by atoms with Gasteiger partial charge in [-0.2, -0.15) is 4.79 Å². The summed E-state index contributed by atoms with van der Waals surface area (Å²) in [6.45, 7) is 4.85. The highest BCUT2D eigenvalue weighted by molar-refractivity contribution is 6.10. The van der Waals surface area contributed by atoms with Gasteiger partial charge in [-0.15, -0.1) is 0 Å². The predicted molar refractivity (Wildman–Crippen MR) is 49.6 cm³/mol. The van der Waals surface area contributed by atoms with Crippen molar-refractivity contribution in [3.8, 4) is 0 Å². The SMILES string of the molecule is CCN=C1CCC(=[N+]=[N-])C=C1C. The van der Waals surface area contributed by atoms with Gasteiger partial charge in [0.1, 0.15) is 0 Å². The van der Waals surface area contributed by atoms with Crippen LogP contribution < -0.4 is 0 Å². The second-order valence-corrected chi connectivity index (χ2v) is 2.84. The fourth-order valence-corrected chi connectivity index (χ4v) is 1.32. The van der Waals surface area contributed by atoms with Gasteiger partial charge < -0.3 is 5.53 Å². The summed E-state index contributed by atoms with van der Waals surface area (Å²) in [5, 5.41) is 0. The molecular formula is C9H13N3. The molecule has 0 N–H and O–H groups in total. The smallest absolute Gasteiger partial charge is 0.292 e. The summed E-state index contributed by atoms with van der Waals surface area (Å²) < 4.78 is 0. The Bertz CT molecular complexity index is 280. The van der Waals surface area contributed by atoms with Crippen molar-refractivity contribution in [3.63, 3.8) is 0 Å². The predicted octanol–water partition coefficient (Wildman–Crippen LogP) is 1.86. The second kappa shape index (κ2) is 3.98. The third kappa shape index (κ3) is 1.89. The average Bonchev–Trinajstić information content (AvgIpc) is 2.09. The number of hydrogen-bond donors (Lipinski definition) is 0. The van der Waals surface area contributed by atoms with E-state index in [9.17, 15) is 0 Å². The maximum atomic E-state index is 8.53. The molecule has 3 nitrogen and oxygen atoms in total. The molecule has 0 fully saturated rings. The van der Waals surface area contributed by atoms with Crippen LogP contribution in [0, 0.1) is 0 Å². The highest BCUT2D eigenvalue weighted by Crippen LogP contribution is 2.12. The molecule has 0 aromatic carbocycles. The van der Waals surface area contributed by atoms with Gasteiger partial charge in [0.25, 0.3) is 5.71 Å². The van der Waals surface area contributed by atoms with Crippen LogP contribution >= 0.6 is 0 Å². The van der Waals surface area contributed by atoms with Crippen molar-refractivity contribution in [2.24, 2.45) is 4.99 Å². The van der Waals surface area contributed by atoms with Crippen LogP contribution in [0.4, 0.5) is 0 Å². The summed E-state index contributed by atoms with van der Waals surface area (Å²) in [6.07, 6.45) is 3.58. The van der Waals surface area contributed by atoms with Crippen LogP contribution in [0.25, 0.3) is 5.53 Å². The van der Waals surface area contributed by atoms with Crippen LogP contribution in [-0.4, -0.2) is 22.8 Å². The highest BCUT2D eigenvalue weighted by Gasteiger charge is 2.16. The van der Waals surface area contributed by atoms with E-state index in [-0.39, 0.29) is 0 Å². The Labute approximate surface area is 72.4 Å². The van der Waals surface area contributed by atoms with Gasteiger partial charge in [-0.25, -0.2) is 0 Å². The van der Waals surface area contributed by atoms with Crippen molar-refractivity contribution in [1.82, 2.24) is 0 Å². The molecule has 0 saturated heterocycles. The van der Waals surface area contributed by atoms with E-state index >= 15 is 0 Å². The summed E-state index contributed by atoms with van der Waals surface area (Å²) in [4.78, 5) is 7.52. The van der Waals surface area contributed by atoms with Crippen molar-refractivity contribution < 1.29 is 4.79 Å². The Morgan fingerprint density at radius 3 is 2.83 bits per heavy atom. The van der Waals surface area contributed by atoms with Crippen LogP contribution in [-0.2, 0) is 0 Å². The zero-order valence-electron chi connectivity index (χ0n) is 7.54. The standard InChI is InChI=1S/C9H13N3/c1-3-11-9-5-4-8(12-10)6-7(9)2/h6H,3-5H2,1-2H3. The summed E-state index contributed by atoms with van der Waals surface area (Å²) >= 11 is 0. The zero-order chi connectivity index (χ0) is 8.97. The number of aliphatic imine (C=N–C) groups is 1. The Morgan fingerprint density at radius 1 is 1.58 bits per heavy atom. The largest absolute Gasteiger partial charge is 0.361 e. The summed E-state index contributed by atoms with van der Waals surface area (Å²) in [7, 11) is 0. The normalized spacial score (nSPS) is 20.7. The first kappa shape index (κ1) is 8.88. The molecule has 0 spiro atoms. The van der Waals surface area contributed by atoms with Crippen molar-refractivity contribution in [3.05, 3.63) is 17.2 Å². The van der Waals surface area contributed by atoms with Crippen molar-refractivity contribution in [2.75, 3.05) is 6.54 Å². The molecule has 0 saturated carbocycles. The zero-order valence-corrected chi connectivity index (χ0v) is 7.54.